The van der Waals surface area contributed by atoms with E-state index in [1.54, 1.807) is 0 Å². The molecule has 14 heavy (non-hydrogen) atoms. The third-order valence-electron chi connectivity index (χ3n) is 1.97. The van der Waals surface area contributed by atoms with E-state index in [1.807, 2.05) is 19.2 Å². The van der Waals surface area contributed by atoms with Crippen LogP contribution in [0.3, 0.4) is 0 Å². The first-order chi connectivity index (χ1) is 6.63. The fraction of sp³-hybridized carbons (Fsp3) is 0.500. The molecule has 1 atom stereocenters. The van der Waals surface area contributed by atoms with Gasteiger partial charge in [0.15, 0.2) is 0 Å². The fourth-order valence-corrected chi connectivity index (χ4v) is 1.78. The Hall–Kier alpha value is -0.520. The highest BCUT2D eigenvalue weighted by molar-refractivity contribution is 14.1. The van der Waals surface area contributed by atoms with Crippen LogP contribution in [0.25, 0.3) is 0 Å². The second-order valence-electron chi connectivity index (χ2n) is 3.19. The maximum atomic E-state index is 4.40. The van der Waals surface area contributed by atoms with E-state index in [1.165, 1.54) is 0 Å². The van der Waals surface area contributed by atoms with Gasteiger partial charge in [-0.25, -0.2) is 0 Å². The van der Waals surface area contributed by atoms with Gasteiger partial charge in [0.1, 0.15) is 5.84 Å². The Morgan fingerprint density at radius 2 is 2.50 bits per heavy atom. The van der Waals surface area contributed by atoms with Crippen LogP contribution in [0.5, 0.6) is 0 Å². The summed E-state index contributed by atoms with van der Waals surface area (Å²) in [4.78, 5) is 6.56. The van der Waals surface area contributed by atoms with Gasteiger partial charge in [0.05, 0.1) is 4.05 Å². The summed E-state index contributed by atoms with van der Waals surface area (Å²) >= 11 is 2.41. The minimum atomic E-state index is 0.440. The third kappa shape index (κ3) is 3.32. The topological polar surface area (TPSA) is 27.6 Å². The van der Waals surface area contributed by atoms with Gasteiger partial charge in [0, 0.05) is 31.9 Å². The third-order valence-corrected chi connectivity index (χ3v) is 3.29. The number of allylic oxidation sites excluding steroid dienone is 1. The van der Waals surface area contributed by atoms with Crippen LogP contribution >= 0.6 is 22.6 Å². The van der Waals surface area contributed by atoms with E-state index in [0.717, 1.165) is 24.5 Å². The van der Waals surface area contributed by atoms with Crippen LogP contribution in [0.15, 0.2) is 29.5 Å². The zero-order valence-electron chi connectivity index (χ0n) is 8.63. The lowest BCUT2D eigenvalue weighted by Gasteiger charge is -2.25. The zero-order chi connectivity index (χ0) is 10.6. The molecule has 0 saturated carbocycles. The average Bonchev–Trinajstić information content (AvgIpc) is 2.13. The molecular weight excluding hydrogens is 289 g/mol. The van der Waals surface area contributed by atoms with Crippen molar-refractivity contribution in [1.29, 1.82) is 0 Å². The molecule has 1 rings (SSSR count). The monoisotopic (exact) mass is 305 g/mol. The Morgan fingerprint density at radius 3 is 3.14 bits per heavy atom. The highest BCUT2D eigenvalue weighted by Crippen LogP contribution is 2.14. The first-order valence-electron chi connectivity index (χ1n) is 4.67. The van der Waals surface area contributed by atoms with Crippen LogP contribution in [-0.2, 0) is 0 Å². The van der Waals surface area contributed by atoms with Gasteiger partial charge in [-0.1, -0.05) is 29.2 Å². The summed E-state index contributed by atoms with van der Waals surface area (Å²) in [6, 6.07) is 0. The van der Waals surface area contributed by atoms with Crippen LogP contribution in [0.2, 0.25) is 0 Å². The average molecular weight is 305 g/mol. The number of alkyl halides is 1. The number of rotatable bonds is 1. The smallest absolute Gasteiger partial charge is 0.104 e. The van der Waals surface area contributed by atoms with Gasteiger partial charge in [-0.05, 0) is 13.0 Å². The van der Waals surface area contributed by atoms with E-state index >= 15 is 0 Å². The van der Waals surface area contributed by atoms with E-state index in [0.29, 0.717) is 4.05 Å². The number of hydrogen-bond acceptors (Lipinski definition) is 2. The van der Waals surface area contributed by atoms with Gasteiger partial charge in [-0.2, -0.15) is 0 Å². The van der Waals surface area contributed by atoms with Crippen molar-refractivity contribution in [3.63, 3.8) is 0 Å². The molecule has 0 aromatic heterocycles. The molecule has 1 aliphatic heterocycles. The van der Waals surface area contributed by atoms with Crippen molar-refractivity contribution in [2.45, 2.75) is 17.4 Å². The summed E-state index contributed by atoms with van der Waals surface area (Å²) in [6.45, 7) is 6.75. The lowest BCUT2D eigenvalue weighted by atomic mass is 10.3. The SMILES string of the molecule is C=C1/C=C\N(C)C(I)CC(=NCC)N1. The molecule has 0 spiro atoms. The number of hydrogen-bond donors (Lipinski definition) is 1. The summed E-state index contributed by atoms with van der Waals surface area (Å²) < 4.78 is 0.440. The molecule has 3 nitrogen and oxygen atoms in total. The van der Waals surface area contributed by atoms with Crippen LogP contribution < -0.4 is 5.32 Å². The van der Waals surface area contributed by atoms with Gasteiger partial charge in [0.25, 0.3) is 0 Å². The molecule has 0 saturated heterocycles. The second-order valence-corrected chi connectivity index (χ2v) is 4.63. The Bertz CT molecular complexity index is 271. The highest BCUT2D eigenvalue weighted by Gasteiger charge is 2.13. The lowest BCUT2D eigenvalue weighted by molar-refractivity contribution is 0.447. The number of halogens is 1. The predicted molar refractivity (Wildman–Crippen MR) is 69.6 cm³/mol. The molecule has 0 amide bonds. The molecule has 0 aromatic carbocycles. The van der Waals surface area contributed by atoms with Gasteiger partial charge in [-0.3, -0.25) is 4.99 Å². The van der Waals surface area contributed by atoms with Gasteiger partial charge < -0.3 is 10.2 Å². The minimum Gasteiger partial charge on any atom is -0.368 e. The predicted octanol–water partition coefficient (Wildman–Crippen LogP) is 2.12. The summed E-state index contributed by atoms with van der Waals surface area (Å²) in [7, 11) is 2.07. The molecule has 4 heteroatoms. The molecule has 1 heterocycles. The summed E-state index contributed by atoms with van der Waals surface area (Å²) in [5.41, 5.74) is 0.896. The van der Waals surface area contributed by atoms with Gasteiger partial charge in [-0.15, -0.1) is 0 Å². The number of nitrogens with one attached hydrogen (secondary N) is 1. The molecule has 78 valence electrons. The standard InChI is InChI=1S/C10H16IN3/c1-4-12-10-7-9(11)14(3)6-5-8(2)13-10/h5-6,9H,2,4,7H2,1,3H3,(H,12,13)/b6-5-. The first-order valence-corrected chi connectivity index (χ1v) is 5.91. The highest BCUT2D eigenvalue weighted by atomic mass is 127. The Balaban J connectivity index is 2.80. The molecule has 0 aromatic rings. The quantitative estimate of drug-likeness (QED) is 0.456. The molecule has 0 aliphatic carbocycles. The van der Waals surface area contributed by atoms with Crippen molar-refractivity contribution < 1.29 is 0 Å². The molecule has 0 radical (unpaired) electrons. The number of amidine groups is 1. The Labute approximate surface area is 99.1 Å². The van der Waals surface area contributed by atoms with Crippen molar-refractivity contribution >= 4 is 28.4 Å². The molecule has 1 unspecified atom stereocenters. The minimum absolute atomic E-state index is 0.440. The summed E-state index contributed by atoms with van der Waals surface area (Å²) in [6.07, 6.45) is 4.93. The van der Waals surface area contributed by atoms with Crippen molar-refractivity contribution in [3.8, 4) is 0 Å². The lowest BCUT2D eigenvalue weighted by Crippen LogP contribution is -2.32. The number of aliphatic imine (C=N–C) groups is 1. The van der Waals surface area contributed by atoms with Crippen molar-refractivity contribution in [2.24, 2.45) is 4.99 Å². The largest absolute Gasteiger partial charge is 0.368 e. The van der Waals surface area contributed by atoms with Crippen LogP contribution in [0.1, 0.15) is 13.3 Å². The maximum Gasteiger partial charge on any atom is 0.104 e. The second kappa shape index (κ2) is 5.38. The number of nitrogens with zero attached hydrogens (tertiary/aromatic N) is 2. The molecular formula is C10H16IN3. The van der Waals surface area contributed by atoms with Gasteiger partial charge >= 0.3 is 0 Å². The van der Waals surface area contributed by atoms with Crippen molar-refractivity contribution in [2.75, 3.05) is 13.6 Å². The van der Waals surface area contributed by atoms with Crippen LogP contribution in [0.4, 0.5) is 0 Å². The first kappa shape index (κ1) is 11.6. The summed E-state index contributed by atoms with van der Waals surface area (Å²) in [5.74, 6) is 1.02. The van der Waals surface area contributed by atoms with Crippen LogP contribution in [-0.4, -0.2) is 28.4 Å². The maximum absolute atomic E-state index is 4.40. The van der Waals surface area contributed by atoms with E-state index in [-0.39, 0.29) is 0 Å². The zero-order valence-corrected chi connectivity index (χ0v) is 10.8. The Morgan fingerprint density at radius 1 is 1.79 bits per heavy atom. The van der Waals surface area contributed by atoms with Crippen molar-refractivity contribution in [1.82, 2.24) is 10.2 Å². The van der Waals surface area contributed by atoms with E-state index in [2.05, 4.69) is 51.4 Å². The summed E-state index contributed by atoms with van der Waals surface area (Å²) in [5, 5.41) is 3.21. The van der Waals surface area contributed by atoms with E-state index in [9.17, 15) is 0 Å². The van der Waals surface area contributed by atoms with Crippen LogP contribution in [0, 0.1) is 0 Å². The fourth-order valence-electron chi connectivity index (χ4n) is 1.18. The molecule has 1 N–H and O–H groups in total. The van der Waals surface area contributed by atoms with E-state index in [4.69, 9.17) is 0 Å². The molecule has 1 aliphatic rings. The molecule has 0 bridgehead atoms. The molecule has 0 fully saturated rings. The normalized spacial score (nSPS) is 28.2. The van der Waals surface area contributed by atoms with E-state index < -0.39 is 0 Å². The van der Waals surface area contributed by atoms with Gasteiger partial charge in [0.2, 0.25) is 0 Å². The Kier molecular flexibility index (Phi) is 4.44. The van der Waals surface area contributed by atoms with Crippen molar-refractivity contribution in [3.05, 3.63) is 24.6 Å².